The Morgan fingerprint density at radius 3 is 2.65 bits per heavy atom. The van der Waals surface area contributed by atoms with Crippen LogP contribution in [0.15, 0.2) is 36.9 Å². The smallest absolute Gasteiger partial charge is 0.191 e. The number of unbranched alkanes of at least 4 members (excludes halogenated alkanes) is 2. The van der Waals surface area contributed by atoms with Gasteiger partial charge in [-0.1, -0.05) is 69.9 Å². The molecule has 2 aromatic carbocycles. The molecule has 0 saturated heterocycles. The summed E-state index contributed by atoms with van der Waals surface area (Å²) >= 11 is 0. The third-order valence-corrected chi connectivity index (χ3v) is 7.77. The summed E-state index contributed by atoms with van der Waals surface area (Å²) in [6, 6.07) is 7.26. The minimum absolute atomic E-state index is 0.0848. The molecule has 4 rings (SSSR count). The molecule has 168 valence electrons. The second kappa shape index (κ2) is 10.1. The van der Waals surface area contributed by atoms with Gasteiger partial charge in [0.15, 0.2) is 17.4 Å². The quantitative estimate of drug-likeness (QED) is 0.303. The van der Waals surface area contributed by atoms with E-state index in [1.54, 1.807) is 6.07 Å². The fourth-order valence-electron chi connectivity index (χ4n) is 6.09. The van der Waals surface area contributed by atoms with Gasteiger partial charge in [0.25, 0.3) is 0 Å². The largest absolute Gasteiger partial charge is 0.483 e. The molecule has 2 fully saturated rings. The Bertz CT molecular complexity index is 906. The second-order valence-electron chi connectivity index (χ2n) is 9.79. The maximum atomic E-state index is 14.8. The minimum Gasteiger partial charge on any atom is -0.483 e. The van der Waals surface area contributed by atoms with Crippen LogP contribution < -0.4 is 4.74 Å². The number of hydrogen-bond acceptors (Lipinski definition) is 1. The molecule has 3 heteroatoms. The summed E-state index contributed by atoms with van der Waals surface area (Å²) in [6.07, 6.45) is 14.9. The maximum Gasteiger partial charge on any atom is 0.191 e. The first kappa shape index (κ1) is 22.3. The van der Waals surface area contributed by atoms with Crippen LogP contribution in [-0.4, -0.2) is 6.61 Å². The third kappa shape index (κ3) is 4.96. The van der Waals surface area contributed by atoms with Crippen molar-refractivity contribution in [3.63, 3.8) is 0 Å². The number of halogens is 2. The molecule has 0 radical (unpaired) electrons. The summed E-state index contributed by atoms with van der Waals surface area (Å²) in [4.78, 5) is 0. The standard InChI is InChI=1S/C28H36F2O/c1-3-5-6-7-19-8-9-21-16-22(11-10-20(21)15-19)23-12-13-25-24(17-23)18-26(29)28(27(25)30)31-14-4-2/h4,12-13,17-22H,2-3,5-11,14-16H2,1H3. The molecular formula is C28H36F2O. The van der Waals surface area contributed by atoms with Gasteiger partial charge in [-0.05, 0) is 72.8 Å². The van der Waals surface area contributed by atoms with Crippen LogP contribution in [0.4, 0.5) is 8.78 Å². The molecule has 0 aliphatic heterocycles. The van der Waals surface area contributed by atoms with Gasteiger partial charge < -0.3 is 4.74 Å². The number of rotatable bonds is 8. The highest BCUT2D eigenvalue weighted by Crippen LogP contribution is 2.48. The molecule has 0 heterocycles. The Kier molecular flexibility index (Phi) is 7.30. The number of hydrogen-bond donors (Lipinski definition) is 0. The summed E-state index contributed by atoms with van der Waals surface area (Å²) in [6.45, 7) is 5.91. The molecular weight excluding hydrogens is 390 g/mol. The van der Waals surface area contributed by atoms with Crippen molar-refractivity contribution in [1.29, 1.82) is 0 Å². The van der Waals surface area contributed by atoms with Crippen LogP contribution in [0.2, 0.25) is 0 Å². The lowest BCUT2D eigenvalue weighted by Crippen LogP contribution is -2.30. The number of benzene rings is 2. The molecule has 1 nitrogen and oxygen atoms in total. The van der Waals surface area contributed by atoms with E-state index in [9.17, 15) is 8.78 Å². The lowest BCUT2D eigenvalue weighted by Gasteiger charge is -2.42. The Hall–Kier alpha value is -1.90. The van der Waals surface area contributed by atoms with Crippen molar-refractivity contribution >= 4 is 10.8 Å². The van der Waals surface area contributed by atoms with Crippen LogP contribution in [-0.2, 0) is 0 Å². The lowest BCUT2D eigenvalue weighted by atomic mass is 9.63. The van der Waals surface area contributed by atoms with Gasteiger partial charge in [0.05, 0.1) is 0 Å². The molecule has 2 aliphatic rings. The van der Waals surface area contributed by atoms with Crippen LogP contribution in [0.3, 0.4) is 0 Å². The van der Waals surface area contributed by atoms with Crippen molar-refractivity contribution in [1.82, 2.24) is 0 Å². The SMILES string of the molecule is C=CCOc1c(F)cc2cc(C3CCC4CC(CCCCC)CCC4C3)ccc2c1F. The first-order chi connectivity index (χ1) is 15.1. The van der Waals surface area contributed by atoms with Crippen molar-refractivity contribution in [2.45, 2.75) is 77.0 Å². The van der Waals surface area contributed by atoms with E-state index in [4.69, 9.17) is 4.74 Å². The molecule has 31 heavy (non-hydrogen) atoms. The number of ether oxygens (including phenoxy) is 1. The van der Waals surface area contributed by atoms with Gasteiger partial charge in [-0.25, -0.2) is 8.78 Å². The normalized spacial score (nSPS) is 25.9. The second-order valence-corrected chi connectivity index (χ2v) is 9.79. The Labute approximate surface area is 185 Å². The van der Waals surface area contributed by atoms with Crippen molar-refractivity contribution in [3.8, 4) is 5.75 Å². The molecule has 0 bridgehead atoms. The van der Waals surface area contributed by atoms with Crippen molar-refractivity contribution in [2.24, 2.45) is 17.8 Å². The van der Waals surface area contributed by atoms with Crippen LogP contribution in [0.25, 0.3) is 10.8 Å². The zero-order valence-electron chi connectivity index (χ0n) is 18.8. The minimum atomic E-state index is -0.644. The molecule has 4 atom stereocenters. The number of fused-ring (bicyclic) bond motifs is 2. The van der Waals surface area contributed by atoms with Gasteiger partial charge in [-0.3, -0.25) is 0 Å². The Morgan fingerprint density at radius 2 is 1.84 bits per heavy atom. The molecule has 0 spiro atoms. The van der Waals surface area contributed by atoms with E-state index in [0.29, 0.717) is 16.7 Å². The monoisotopic (exact) mass is 426 g/mol. The van der Waals surface area contributed by atoms with Crippen molar-refractivity contribution in [2.75, 3.05) is 6.61 Å². The molecule has 4 unspecified atom stereocenters. The van der Waals surface area contributed by atoms with E-state index in [1.807, 2.05) is 12.1 Å². The molecule has 0 N–H and O–H groups in total. The van der Waals surface area contributed by atoms with E-state index < -0.39 is 11.6 Å². The molecule has 2 aliphatic carbocycles. The van der Waals surface area contributed by atoms with E-state index in [2.05, 4.69) is 13.5 Å². The van der Waals surface area contributed by atoms with Gasteiger partial charge in [0.2, 0.25) is 0 Å². The fraction of sp³-hybridized carbons (Fsp3) is 0.571. The maximum absolute atomic E-state index is 14.8. The first-order valence-corrected chi connectivity index (χ1v) is 12.3. The molecule has 0 aromatic heterocycles. The predicted molar refractivity (Wildman–Crippen MR) is 125 cm³/mol. The van der Waals surface area contributed by atoms with Gasteiger partial charge in [0.1, 0.15) is 6.61 Å². The van der Waals surface area contributed by atoms with Gasteiger partial charge in [-0.2, -0.15) is 0 Å². The molecule has 2 saturated carbocycles. The van der Waals surface area contributed by atoms with Crippen LogP contribution >= 0.6 is 0 Å². The van der Waals surface area contributed by atoms with E-state index in [0.717, 1.165) is 17.8 Å². The Balaban J connectivity index is 1.45. The van der Waals surface area contributed by atoms with Crippen molar-refractivity contribution < 1.29 is 13.5 Å². The highest BCUT2D eigenvalue weighted by atomic mass is 19.1. The fourth-order valence-corrected chi connectivity index (χ4v) is 6.09. The van der Waals surface area contributed by atoms with E-state index in [-0.39, 0.29) is 12.4 Å². The zero-order chi connectivity index (χ0) is 21.8. The van der Waals surface area contributed by atoms with Crippen molar-refractivity contribution in [3.05, 3.63) is 54.1 Å². The highest BCUT2D eigenvalue weighted by Gasteiger charge is 2.35. The molecule has 0 amide bonds. The zero-order valence-corrected chi connectivity index (χ0v) is 18.8. The van der Waals surface area contributed by atoms with Gasteiger partial charge >= 0.3 is 0 Å². The lowest BCUT2D eigenvalue weighted by molar-refractivity contribution is 0.113. The van der Waals surface area contributed by atoms with Crippen LogP contribution in [0, 0.1) is 29.4 Å². The average Bonchev–Trinajstić information content (AvgIpc) is 2.78. The summed E-state index contributed by atoms with van der Waals surface area (Å²) in [5.74, 6) is 1.58. The van der Waals surface area contributed by atoms with Gasteiger partial charge in [-0.15, -0.1) is 0 Å². The summed E-state index contributed by atoms with van der Waals surface area (Å²) in [5, 5.41) is 1.05. The third-order valence-electron chi connectivity index (χ3n) is 7.77. The Morgan fingerprint density at radius 1 is 1.03 bits per heavy atom. The first-order valence-electron chi connectivity index (χ1n) is 12.3. The predicted octanol–water partition coefficient (Wildman–Crippen LogP) is 8.56. The summed E-state index contributed by atoms with van der Waals surface area (Å²) < 4.78 is 34.4. The summed E-state index contributed by atoms with van der Waals surface area (Å²) in [7, 11) is 0. The topological polar surface area (TPSA) is 9.23 Å². The van der Waals surface area contributed by atoms with E-state index >= 15 is 0 Å². The summed E-state index contributed by atoms with van der Waals surface area (Å²) in [5.41, 5.74) is 1.23. The van der Waals surface area contributed by atoms with Crippen LogP contribution in [0.1, 0.15) is 82.6 Å². The van der Waals surface area contributed by atoms with Crippen LogP contribution in [0.5, 0.6) is 5.75 Å². The van der Waals surface area contributed by atoms with E-state index in [1.165, 1.54) is 81.9 Å². The van der Waals surface area contributed by atoms with Gasteiger partial charge in [0, 0.05) is 5.39 Å². The molecule has 2 aromatic rings. The average molecular weight is 427 g/mol. The highest BCUT2D eigenvalue weighted by molar-refractivity contribution is 5.85.